The lowest BCUT2D eigenvalue weighted by molar-refractivity contribution is -0.386. The second-order valence-electron chi connectivity index (χ2n) is 5.82. The van der Waals surface area contributed by atoms with Crippen LogP contribution < -0.4 is 4.74 Å². The van der Waals surface area contributed by atoms with Crippen molar-refractivity contribution in [3.63, 3.8) is 0 Å². The Kier molecular flexibility index (Phi) is 6.05. The molecule has 25 heavy (non-hydrogen) atoms. The van der Waals surface area contributed by atoms with Gasteiger partial charge in [0.15, 0.2) is 11.5 Å². The second kappa shape index (κ2) is 7.44. The van der Waals surface area contributed by atoms with Crippen molar-refractivity contribution in [3.05, 3.63) is 38.4 Å². The van der Waals surface area contributed by atoms with Crippen LogP contribution in [-0.2, 0) is 4.79 Å². The number of benzene rings is 1. The first kappa shape index (κ1) is 20.3. The molecule has 0 spiro atoms. The Morgan fingerprint density at radius 2 is 2.00 bits per heavy atom. The Morgan fingerprint density at radius 3 is 2.40 bits per heavy atom. The lowest BCUT2D eigenvalue weighted by Crippen LogP contribution is -2.22. The number of alkyl halides is 2. The first-order valence-corrected chi connectivity index (χ1v) is 7.09. The number of Topliss-reactive ketones (excluding diaryl/α,β-unsaturated/α-hetero) is 1. The van der Waals surface area contributed by atoms with Gasteiger partial charge in [0.2, 0.25) is 5.75 Å². The Balaban J connectivity index is 3.77. The first-order valence-electron chi connectivity index (χ1n) is 6.72. The number of ketones is 1. The number of nitriles is 1. The number of carbonyl (C=O) groups excluding carboxylic acids is 1. The fourth-order valence-corrected chi connectivity index (χ4v) is 2.04. The summed E-state index contributed by atoms with van der Waals surface area (Å²) >= 11 is 5.65. The Labute approximate surface area is 146 Å². The van der Waals surface area contributed by atoms with E-state index in [9.17, 15) is 28.8 Å². The van der Waals surface area contributed by atoms with Crippen LogP contribution >= 0.6 is 11.6 Å². The molecule has 0 atom stereocenters. The number of rotatable bonds is 5. The molecular formula is C15H13ClF2N2O5. The van der Waals surface area contributed by atoms with E-state index in [-0.39, 0.29) is 0 Å². The van der Waals surface area contributed by atoms with Crippen molar-refractivity contribution in [3.8, 4) is 11.8 Å². The molecule has 0 bridgehead atoms. The molecule has 0 aliphatic heterocycles. The first-order chi connectivity index (χ1) is 11.4. The molecule has 134 valence electrons. The van der Waals surface area contributed by atoms with Crippen LogP contribution in [0.5, 0.6) is 5.75 Å². The zero-order chi connectivity index (χ0) is 19.5. The van der Waals surface area contributed by atoms with Crippen molar-refractivity contribution in [1.29, 1.82) is 5.26 Å². The zero-order valence-corrected chi connectivity index (χ0v) is 14.1. The van der Waals surface area contributed by atoms with Gasteiger partial charge in [-0.05, 0) is 12.1 Å². The molecule has 0 aromatic heterocycles. The van der Waals surface area contributed by atoms with Crippen molar-refractivity contribution in [2.24, 2.45) is 5.41 Å². The third kappa shape index (κ3) is 4.42. The quantitative estimate of drug-likeness (QED) is 0.271. The van der Waals surface area contributed by atoms with Crippen molar-refractivity contribution >= 4 is 28.8 Å². The Hall–Kier alpha value is -2.73. The summed E-state index contributed by atoms with van der Waals surface area (Å²) < 4.78 is 29.1. The topological polar surface area (TPSA) is 113 Å². The molecule has 1 aromatic carbocycles. The summed E-state index contributed by atoms with van der Waals surface area (Å²) in [6.07, 6.45) is 0. The molecule has 0 amide bonds. The molecule has 0 heterocycles. The van der Waals surface area contributed by atoms with Gasteiger partial charge in [-0.15, -0.1) is 0 Å². The summed E-state index contributed by atoms with van der Waals surface area (Å²) in [6.45, 7) is 1.01. The number of aliphatic hydroxyl groups is 1. The Bertz CT molecular complexity index is 794. The van der Waals surface area contributed by atoms with Crippen molar-refractivity contribution in [2.45, 2.75) is 27.4 Å². The van der Waals surface area contributed by atoms with E-state index < -0.39 is 56.1 Å². The van der Waals surface area contributed by atoms with E-state index in [1.165, 1.54) is 26.8 Å². The number of nitro groups is 1. The summed E-state index contributed by atoms with van der Waals surface area (Å²) in [7, 11) is 0. The number of carbonyl (C=O) groups is 1. The van der Waals surface area contributed by atoms with Crippen molar-refractivity contribution in [2.75, 3.05) is 0 Å². The monoisotopic (exact) mass is 374 g/mol. The third-order valence-corrected chi connectivity index (χ3v) is 3.28. The molecular weight excluding hydrogens is 362 g/mol. The Morgan fingerprint density at radius 1 is 1.44 bits per heavy atom. The maximum absolute atomic E-state index is 12.5. The van der Waals surface area contributed by atoms with Crippen molar-refractivity contribution < 1.29 is 28.3 Å². The van der Waals surface area contributed by atoms with Gasteiger partial charge in [-0.3, -0.25) is 14.9 Å². The van der Waals surface area contributed by atoms with Gasteiger partial charge >= 0.3 is 12.3 Å². The van der Waals surface area contributed by atoms with Crippen LogP contribution in [0.15, 0.2) is 17.7 Å². The fraction of sp³-hybridized carbons (Fsp3) is 0.333. The zero-order valence-electron chi connectivity index (χ0n) is 13.3. The van der Waals surface area contributed by atoms with Gasteiger partial charge in [0.05, 0.1) is 15.5 Å². The van der Waals surface area contributed by atoms with E-state index in [0.717, 1.165) is 12.1 Å². The van der Waals surface area contributed by atoms with Crippen molar-refractivity contribution in [1.82, 2.24) is 0 Å². The molecule has 0 aliphatic carbocycles. The smallest absolute Gasteiger partial charge is 0.387 e. The highest BCUT2D eigenvalue weighted by molar-refractivity contribution is 6.32. The average Bonchev–Trinajstić information content (AvgIpc) is 2.47. The fourth-order valence-electron chi connectivity index (χ4n) is 1.84. The number of hydrogen-bond donors (Lipinski definition) is 1. The van der Waals surface area contributed by atoms with Gasteiger partial charge in [0, 0.05) is 5.41 Å². The van der Waals surface area contributed by atoms with E-state index in [2.05, 4.69) is 4.74 Å². The molecule has 0 saturated heterocycles. The van der Waals surface area contributed by atoms with Crippen LogP contribution in [0.25, 0.3) is 5.76 Å². The standard InChI is InChI=1S/C15H13ClF2N2O5/c1-15(2,3)13(22)8(6-19)11(21)7-4-5-9(16)12(25-14(17)18)10(7)20(23)24/h4-5,14,21H,1-3H3/b11-8-. The van der Waals surface area contributed by atoms with Gasteiger partial charge in [0.1, 0.15) is 11.6 Å². The molecule has 1 rings (SSSR count). The van der Waals surface area contributed by atoms with E-state index >= 15 is 0 Å². The number of halogens is 3. The summed E-state index contributed by atoms with van der Waals surface area (Å²) in [5.41, 5.74) is -3.54. The number of hydrogen-bond acceptors (Lipinski definition) is 6. The third-order valence-electron chi connectivity index (χ3n) is 2.98. The summed E-state index contributed by atoms with van der Waals surface area (Å²) in [5, 5.41) is 30.2. The van der Waals surface area contributed by atoms with Gasteiger partial charge < -0.3 is 9.84 Å². The number of allylic oxidation sites excluding steroid dienone is 1. The van der Waals surface area contributed by atoms with Crippen LogP contribution in [0.4, 0.5) is 14.5 Å². The van der Waals surface area contributed by atoms with Crippen LogP contribution in [0, 0.1) is 26.9 Å². The number of aliphatic hydroxyl groups excluding tert-OH is 1. The van der Waals surface area contributed by atoms with E-state index in [4.69, 9.17) is 16.9 Å². The van der Waals surface area contributed by atoms with Gasteiger partial charge in [0.25, 0.3) is 0 Å². The number of ether oxygens (including phenoxy) is 1. The van der Waals surface area contributed by atoms with Gasteiger partial charge in [-0.2, -0.15) is 14.0 Å². The summed E-state index contributed by atoms with van der Waals surface area (Å²) in [5.74, 6) is -2.79. The molecule has 1 N–H and O–H groups in total. The summed E-state index contributed by atoms with van der Waals surface area (Å²) in [4.78, 5) is 22.4. The van der Waals surface area contributed by atoms with Gasteiger partial charge in [-0.25, -0.2) is 0 Å². The predicted octanol–water partition coefficient (Wildman–Crippen LogP) is 4.26. The minimum Gasteiger partial charge on any atom is -0.506 e. The minimum absolute atomic E-state index is 0.496. The maximum Gasteiger partial charge on any atom is 0.387 e. The largest absolute Gasteiger partial charge is 0.506 e. The van der Waals surface area contributed by atoms with Crippen LogP contribution in [-0.4, -0.2) is 22.4 Å². The molecule has 0 saturated carbocycles. The summed E-state index contributed by atoms with van der Waals surface area (Å²) in [6, 6.07) is 3.38. The lowest BCUT2D eigenvalue weighted by atomic mass is 9.85. The number of nitrogens with zero attached hydrogens (tertiary/aromatic N) is 2. The number of nitro benzene ring substituents is 1. The molecule has 0 fully saturated rings. The average molecular weight is 375 g/mol. The SMILES string of the molecule is CC(C)(C)C(=O)/C(C#N)=C(\O)c1ccc(Cl)c(OC(F)F)c1[N+](=O)[O-]. The maximum atomic E-state index is 12.5. The lowest BCUT2D eigenvalue weighted by Gasteiger charge is -2.17. The minimum atomic E-state index is -3.41. The second-order valence-corrected chi connectivity index (χ2v) is 6.23. The normalized spacial score (nSPS) is 12.4. The highest BCUT2D eigenvalue weighted by Crippen LogP contribution is 2.41. The highest BCUT2D eigenvalue weighted by atomic mass is 35.5. The molecule has 7 nitrogen and oxygen atoms in total. The van der Waals surface area contributed by atoms with Crippen LogP contribution in [0.1, 0.15) is 26.3 Å². The van der Waals surface area contributed by atoms with Crippen LogP contribution in [0.2, 0.25) is 5.02 Å². The molecule has 0 aliphatic rings. The molecule has 0 radical (unpaired) electrons. The van der Waals surface area contributed by atoms with E-state index in [1.54, 1.807) is 0 Å². The predicted molar refractivity (Wildman–Crippen MR) is 84.4 cm³/mol. The molecule has 10 heteroatoms. The van der Waals surface area contributed by atoms with Gasteiger partial charge in [-0.1, -0.05) is 32.4 Å². The van der Waals surface area contributed by atoms with Crippen LogP contribution in [0.3, 0.4) is 0 Å². The van der Waals surface area contributed by atoms with E-state index in [0.29, 0.717) is 0 Å². The molecule has 1 aromatic rings. The molecule has 0 unspecified atom stereocenters. The highest BCUT2D eigenvalue weighted by Gasteiger charge is 2.33. The van der Waals surface area contributed by atoms with E-state index in [1.807, 2.05) is 0 Å².